The summed E-state index contributed by atoms with van der Waals surface area (Å²) in [5.41, 5.74) is -0.654. The van der Waals surface area contributed by atoms with E-state index in [0.717, 1.165) is 11.8 Å². The van der Waals surface area contributed by atoms with E-state index in [1.807, 2.05) is 0 Å². The van der Waals surface area contributed by atoms with Crippen molar-refractivity contribution in [2.45, 2.75) is 70.3 Å². The Kier molecular flexibility index (Phi) is 7.99. The molecule has 9 heteroatoms. The molecule has 7 nitrogen and oxygen atoms in total. The van der Waals surface area contributed by atoms with Crippen LogP contribution in [0.2, 0.25) is 0 Å². The first-order valence-corrected chi connectivity index (χ1v) is 10.2. The predicted molar refractivity (Wildman–Crippen MR) is 91.7 cm³/mol. The molecule has 0 radical (unpaired) electrons. The Hall–Kier alpha value is -0.820. The Morgan fingerprint density at radius 1 is 0.958 bits per heavy atom. The Labute approximate surface area is 147 Å². The Morgan fingerprint density at radius 3 is 1.88 bits per heavy atom. The smallest absolute Gasteiger partial charge is 0.348 e. The number of ether oxygens (including phenoxy) is 2. The van der Waals surface area contributed by atoms with Gasteiger partial charge in [0.15, 0.2) is 10.4 Å². The van der Waals surface area contributed by atoms with Crippen LogP contribution in [0.25, 0.3) is 0 Å². The molecule has 0 aromatic rings. The van der Waals surface area contributed by atoms with Crippen LogP contribution in [0.1, 0.15) is 41.5 Å². The number of hydrogen-bond acceptors (Lipinski definition) is 8. The molecule has 0 saturated heterocycles. The maximum absolute atomic E-state index is 13.4. The summed E-state index contributed by atoms with van der Waals surface area (Å²) in [6.07, 6.45) is 1.63. The molecule has 1 heterocycles. The molecule has 0 saturated carbocycles. The van der Waals surface area contributed by atoms with E-state index in [-0.39, 0.29) is 12.2 Å². The average Bonchev–Trinajstić information content (AvgIpc) is 2.37. The lowest BCUT2D eigenvalue weighted by Gasteiger charge is -2.35. The van der Waals surface area contributed by atoms with Crippen molar-refractivity contribution in [3.63, 3.8) is 0 Å². The zero-order valence-electron chi connectivity index (χ0n) is 14.8. The number of carbonyl (C=O) groups excluding carboxylic acids is 2. The van der Waals surface area contributed by atoms with E-state index in [9.17, 15) is 14.2 Å². The summed E-state index contributed by atoms with van der Waals surface area (Å²) in [5, 5.41) is 0. The lowest BCUT2D eigenvalue weighted by molar-refractivity contribution is -0.144. The minimum absolute atomic E-state index is 0.355. The lowest BCUT2D eigenvalue weighted by atomic mass is 10.3. The van der Waals surface area contributed by atoms with Gasteiger partial charge in [0.05, 0.1) is 12.2 Å². The quantitative estimate of drug-likeness (QED) is 0.377. The zero-order chi connectivity index (χ0) is 18.5. The van der Waals surface area contributed by atoms with Gasteiger partial charge in [-0.3, -0.25) is 14.2 Å². The van der Waals surface area contributed by atoms with Gasteiger partial charge in [-0.25, -0.2) is 0 Å². The van der Waals surface area contributed by atoms with E-state index in [2.05, 4.69) is 0 Å². The maximum Gasteiger partial charge on any atom is 0.348 e. The molecular weight excluding hydrogens is 355 g/mol. The number of hydrogen-bond donors (Lipinski definition) is 0. The van der Waals surface area contributed by atoms with Gasteiger partial charge in [0.2, 0.25) is 0 Å². The van der Waals surface area contributed by atoms with Crippen LogP contribution < -0.4 is 0 Å². The fourth-order valence-corrected chi connectivity index (χ4v) is 6.25. The molecule has 138 valence electrons. The summed E-state index contributed by atoms with van der Waals surface area (Å²) in [7, 11) is -3.66. The van der Waals surface area contributed by atoms with Crippen LogP contribution >= 0.6 is 19.4 Å². The Morgan fingerprint density at radius 2 is 1.46 bits per heavy atom. The molecule has 3 atom stereocenters. The molecule has 1 aliphatic heterocycles. The van der Waals surface area contributed by atoms with Gasteiger partial charge in [-0.05, 0) is 39.8 Å². The van der Waals surface area contributed by atoms with Crippen molar-refractivity contribution in [2.24, 2.45) is 0 Å². The summed E-state index contributed by atoms with van der Waals surface area (Å²) in [4.78, 5) is 21.7. The highest BCUT2D eigenvalue weighted by atomic mass is 32.2. The topological polar surface area (TPSA) is 88.1 Å². The second-order valence-electron chi connectivity index (χ2n) is 5.81. The van der Waals surface area contributed by atoms with Gasteiger partial charge in [0.25, 0.3) is 0 Å². The van der Waals surface area contributed by atoms with Gasteiger partial charge in [-0.15, -0.1) is 0 Å². The second kappa shape index (κ2) is 9.04. The highest BCUT2D eigenvalue weighted by molar-refractivity contribution is 8.06. The van der Waals surface area contributed by atoms with E-state index < -0.39 is 36.1 Å². The molecule has 0 aromatic carbocycles. The van der Waals surface area contributed by atoms with Crippen molar-refractivity contribution >= 4 is 31.3 Å². The molecule has 0 unspecified atom stereocenters. The molecule has 0 bridgehead atoms. The molecule has 1 aliphatic rings. The van der Waals surface area contributed by atoms with Gasteiger partial charge < -0.3 is 18.5 Å². The third kappa shape index (κ3) is 6.59. The minimum Gasteiger partial charge on any atom is -0.456 e. The van der Waals surface area contributed by atoms with Gasteiger partial charge in [-0.2, -0.15) is 0 Å². The van der Waals surface area contributed by atoms with E-state index in [1.165, 1.54) is 13.8 Å². The zero-order valence-corrected chi connectivity index (χ0v) is 16.5. The van der Waals surface area contributed by atoms with Crippen molar-refractivity contribution in [1.29, 1.82) is 0 Å². The molecule has 0 aromatic heterocycles. The largest absolute Gasteiger partial charge is 0.456 e. The maximum atomic E-state index is 13.4. The second-order valence-corrected chi connectivity index (χ2v) is 9.46. The summed E-state index contributed by atoms with van der Waals surface area (Å²) in [5.74, 6) is -0.979. The third-order valence-corrected chi connectivity index (χ3v) is 7.18. The number of rotatable bonds is 7. The number of carbonyl (C=O) groups is 2. The van der Waals surface area contributed by atoms with Crippen LogP contribution in [-0.4, -0.2) is 40.7 Å². The van der Waals surface area contributed by atoms with Gasteiger partial charge in [0.1, 0.15) is 6.10 Å². The number of thioether (sulfide) groups is 1. The summed E-state index contributed by atoms with van der Waals surface area (Å²) >= 11 is 1.08. The highest BCUT2D eigenvalue weighted by Gasteiger charge is 2.47. The Balaban J connectivity index is 3.16. The highest BCUT2D eigenvalue weighted by Crippen LogP contribution is 2.62. The molecule has 0 fully saturated rings. The van der Waals surface area contributed by atoms with Crippen molar-refractivity contribution in [1.82, 2.24) is 0 Å². The standard InChI is InChI=1S/C15H25O7PS/c1-9(2)21-23(18,22-10(3)4)15-13(19-11(5)16)7-8-14(24-15)20-12(6)17/h7-10,13-15H,1-6H3/t13-,14-,15+/m1/s1. The van der Waals surface area contributed by atoms with Crippen LogP contribution in [0, 0.1) is 0 Å². The van der Waals surface area contributed by atoms with Crippen LogP contribution in [0.5, 0.6) is 0 Å². The summed E-state index contributed by atoms with van der Waals surface area (Å²) in [6, 6.07) is 0. The monoisotopic (exact) mass is 380 g/mol. The molecule has 0 amide bonds. The van der Waals surface area contributed by atoms with E-state index in [1.54, 1.807) is 39.8 Å². The van der Waals surface area contributed by atoms with Crippen molar-refractivity contribution in [2.75, 3.05) is 0 Å². The van der Waals surface area contributed by atoms with Crippen LogP contribution in [0.3, 0.4) is 0 Å². The average molecular weight is 380 g/mol. The molecule has 0 N–H and O–H groups in total. The van der Waals surface area contributed by atoms with Crippen molar-refractivity contribution < 1.29 is 32.7 Å². The fourth-order valence-electron chi connectivity index (χ4n) is 2.06. The summed E-state index contributed by atoms with van der Waals surface area (Å²) < 4.78 is 35.0. The van der Waals surface area contributed by atoms with Crippen LogP contribution in [0.4, 0.5) is 0 Å². The number of esters is 2. The van der Waals surface area contributed by atoms with Gasteiger partial charge in [0, 0.05) is 13.8 Å². The summed E-state index contributed by atoms with van der Waals surface area (Å²) in [6.45, 7) is 9.52. The minimum atomic E-state index is -3.66. The molecule has 0 aliphatic carbocycles. The van der Waals surface area contributed by atoms with Gasteiger partial charge >= 0.3 is 19.5 Å². The van der Waals surface area contributed by atoms with Crippen LogP contribution in [-0.2, 0) is 32.7 Å². The molecular formula is C15H25O7PS. The molecule has 1 rings (SSSR count). The third-order valence-electron chi connectivity index (χ3n) is 2.62. The van der Waals surface area contributed by atoms with E-state index in [4.69, 9.17) is 18.5 Å². The first kappa shape index (κ1) is 21.2. The SMILES string of the molecule is CC(=O)O[C@H]1C=C[C@@H](OC(C)=O)[C@@H](P(=O)(OC(C)C)OC(C)C)S1. The Bertz CT molecular complexity index is 518. The van der Waals surface area contributed by atoms with Crippen LogP contribution in [0.15, 0.2) is 12.2 Å². The van der Waals surface area contributed by atoms with Crippen molar-refractivity contribution in [3.05, 3.63) is 12.2 Å². The van der Waals surface area contributed by atoms with E-state index in [0.29, 0.717) is 0 Å². The molecule has 0 spiro atoms. The van der Waals surface area contributed by atoms with E-state index >= 15 is 0 Å². The van der Waals surface area contributed by atoms with Crippen molar-refractivity contribution in [3.8, 4) is 0 Å². The fraction of sp³-hybridized carbons (Fsp3) is 0.733. The molecule has 24 heavy (non-hydrogen) atoms. The normalized spacial score (nSPS) is 24.2. The van der Waals surface area contributed by atoms with Gasteiger partial charge in [-0.1, -0.05) is 11.8 Å². The lowest BCUT2D eigenvalue weighted by Crippen LogP contribution is -2.34. The predicted octanol–water partition coefficient (Wildman–Crippen LogP) is 3.48. The first-order chi connectivity index (χ1) is 11.0. The first-order valence-electron chi connectivity index (χ1n) is 7.68.